The van der Waals surface area contributed by atoms with E-state index in [0.717, 1.165) is 23.1 Å². The average Bonchev–Trinajstić information content (AvgIpc) is 3.58. The van der Waals surface area contributed by atoms with Crippen LogP contribution in [0, 0.1) is 11.8 Å². The quantitative estimate of drug-likeness (QED) is 0.482. The van der Waals surface area contributed by atoms with E-state index in [1.165, 1.54) is 0 Å². The van der Waals surface area contributed by atoms with Crippen molar-refractivity contribution in [1.29, 1.82) is 0 Å². The van der Waals surface area contributed by atoms with E-state index in [-0.39, 0.29) is 23.8 Å². The molecular formula is C28H39BN4O6. The van der Waals surface area contributed by atoms with Crippen LogP contribution in [0.4, 0.5) is 4.79 Å². The lowest BCUT2D eigenvalue weighted by atomic mass is 9.79. The van der Waals surface area contributed by atoms with Crippen LogP contribution in [-0.2, 0) is 18.8 Å². The number of nitrogens with zero attached hydrogens (tertiary/aromatic N) is 2. The number of hydrogen-bond donors (Lipinski definition) is 3. The van der Waals surface area contributed by atoms with Crippen molar-refractivity contribution in [2.24, 2.45) is 11.8 Å². The highest BCUT2D eigenvalue weighted by molar-refractivity contribution is 6.62. The van der Waals surface area contributed by atoms with Crippen molar-refractivity contribution >= 4 is 24.6 Å². The second-order valence-corrected chi connectivity index (χ2v) is 12.1. The average molecular weight is 538 g/mol. The molecule has 210 valence electrons. The van der Waals surface area contributed by atoms with Gasteiger partial charge in [-0.2, -0.15) is 0 Å². The number of H-pyrrole nitrogens is 1. The Morgan fingerprint density at radius 2 is 1.77 bits per heavy atom. The Hall–Kier alpha value is -2.89. The van der Waals surface area contributed by atoms with Crippen LogP contribution < -0.4 is 10.8 Å². The summed E-state index contributed by atoms with van der Waals surface area (Å²) in [5.74, 6) is 0.697. The molecule has 10 nitrogen and oxygen atoms in total. The van der Waals surface area contributed by atoms with Gasteiger partial charge in [0.1, 0.15) is 11.9 Å². The Morgan fingerprint density at radius 3 is 2.38 bits per heavy atom. The summed E-state index contributed by atoms with van der Waals surface area (Å²) in [6.45, 7) is 11.9. The predicted molar refractivity (Wildman–Crippen MR) is 146 cm³/mol. The fourth-order valence-electron chi connectivity index (χ4n) is 5.74. The van der Waals surface area contributed by atoms with E-state index in [4.69, 9.17) is 14.0 Å². The van der Waals surface area contributed by atoms with Gasteiger partial charge in [-0.15, -0.1) is 0 Å². The summed E-state index contributed by atoms with van der Waals surface area (Å²) in [5, 5.41) is 12.0. The topological polar surface area (TPSA) is 126 Å². The highest BCUT2D eigenvalue weighted by Gasteiger charge is 2.51. The predicted octanol–water partition coefficient (Wildman–Crippen LogP) is 3.35. The number of aromatic nitrogens is 2. The van der Waals surface area contributed by atoms with Crippen LogP contribution in [0.15, 0.2) is 30.5 Å². The lowest BCUT2D eigenvalue weighted by Gasteiger charge is -2.34. The summed E-state index contributed by atoms with van der Waals surface area (Å²) in [4.78, 5) is 35.2. The lowest BCUT2D eigenvalue weighted by Crippen LogP contribution is -2.53. The smallest absolute Gasteiger partial charge is 0.465 e. The first-order valence-corrected chi connectivity index (χ1v) is 13.8. The largest absolute Gasteiger partial charge is 0.494 e. The minimum atomic E-state index is -1.19. The number of carbonyl (C=O) groups is 2. The molecule has 0 saturated carbocycles. The van der Waals surface area contributed by atoms with Gasteiger partial charge in [0.15, 0.2) is 0 Å². The highest BCUT2D eigenvalue weighted by Crippen LogP contribution is 2.38. The summed E-state index contributed by atoms with van der Waals surface area (Å²) < 4.78 is 17.8. The molecule has 3 atom stereocenters. The van der Waals surface area contributed by atoms with E-state index in [1.54, 1.807) is 11.1 Å². The SMILES string of the molecule is C[C@H]1C[C@@H](c2ncc(-c3ccc(B4OC(C)(C)C(C)(C)O4)cc3)[nH]2)N(C(=O)[C@@H](NC(=O)O)C2CCOCC2)C1. The summed E-state index contributed by atoms with van der Waals surface area (Å²) in [6.07, 6.45) is 2.66. The van der Waals surface area contributed by atoms with Crippen molar-refractivity contribution < 1.29 is 28.7 Å². The summed E-state index contributed by atoms with van der Waals surface area (Å²) in [7, 11) is -0.427. The standard InChI is InChI=1S/C28H39BN4O6/c1-17-14-22(33(16-17)25(34)23(32-26(35)36)19-10-12-37-13-11-19)24-30-15-21(31-24)18-6-8-20(9-7-18)29-38-27(2,3)28(4,5)39-29/h6-9,15,17,19,22-23,32H,10-14,16H2,1-5H3,(H,30,31)(H,35,36)/t17-,22-,23-/m0/s1. The number of carbonyl (C=O) groups excluding carboxylic acids is 1. The Labute approximate surface area is 229 Å². The van der Waals surface area contributed by atoms with Gasteiger partial charge in [-0.05, 0) is 69.8 Å². The molecule has 0 spiro atoms. The van der Waals surface area contributed by atoms with Crippen LogP contribution in [0.5, 0.6) is 0 Å². The third kappa shape index (κ3) is 5.57. The molecule has 3 saturated heterocycles. The Bertz CT molecular complexity index is 1180. The third-order valence-corrected chi connectivity index (χ3v) is 8.73. The summed E-state index contributed by atoms with van der Waals surface area (Å²) in [6, 6.07) is 6.98. The van der Waals surface area contributed by atoms with Crippen LogP contribution in [0.2, 0.25) is 0 Å². The molecule has 3 fully saturated rings. The van der Waals surface area contributed by atoms with Gasteiger partial charge in [0.05, 0.1) is 29.1 Å². The number of imidazole rings is 1. The monoisotopic (exact) mass is 538 g/mol. The first-order valence-electron chi connectivity index (χ1n) is 13.8. The fraction of sp³-hybridized carbons (Fsp3) is 0.607. The first-order chi connectivity index (χ1) is 18.4. The number of aromatic amines is 1. The Balaban J connectivity index is 1.32. The second-order valence-electron chi connectivity index (χ2n) is 12.1. The zero-order valence-electron chi connectivity index (χ0n) is 23.4. The maximum atomic E-state index is 13.7. The van der Waals surface area contributed by atoms with Gasteiger partial charge in [0.2, 0.25) is 5.91 Å². The fourth-order valence-corrected chi connectivity index (χ4v) is 5.74. The molecule has 0 unspecified atom stereocenters. The van der Waals surface area contributed by atoms with Crippen molar-refractivity contribution in [3.8, 4) is 11.3 Å². The van der Waals surface area contributed by atoms with Gasteiger partial charge < -0.3 is 34.4 Å². The van der Waals surface area contributed by atoms with Gasteiger partial charge in [-0.1, -0.05) is 31.2 Å². The molecule has 3 aliphatic rings. The van der Waals surface area contributed by atoms with E-state index in [0.29, 0.717) is 38.4 Å². The van der Waals surface area contributed by atoms with Crippen LogP contribution in [0.25, 0.3) is 11.3 Å². The van der Waals surface area contributed by atoms with Gasteiger partial charge in [0.25, 0.3) is 0 Å². The summed E-state index contributed by atoms with van der Waals surface area (Å²) in [5.41, 5.74) is 1.96. The molecule has 3 aliphatic heterocycles. The first kappa shape index (κ1) is 27.7. The third-order valence-electron chi connectivity index (χ3n) is 8.73. The Morgan fingerprint density at radius 1 is 1.13 bits per heavy atom. The Kier molecular flexibility index (Phi) is 7.52. The number of nitrogens with one attached hydrogen (secondary N) is 2. The molecule has 2 aromatic rings. The van der Waals surface area contributed by atoms with E-state index in [9.17, 15) is 14.7 Å². The molecule has 4 heterocycles. The molecule has 0 bridgehead atoms. The van der Waals surface area contributed by atoms with Gasteiger partial charge in [0, 0.05) is 19.8 Å². The minimum absolute atomic E-state index is 0.0893. The van der Waals surface area contributed by atoms with Crippen LogP contribution in [-0.4, -0.2) is 76.1 Å². The molecule has 0 aliphatic carbocycles. The van der Waals surface area contributed by atoms with Crippen molar-refractivity contribution in [3.05, 3.63) is 36.3 Å². The maximum Gasteiger partial charge on any atom is 0.494 e. The number of ether oxygens (including phenoxy) is 1. The normalized spacial score (nSPS) is 25.6. The zero-order valence-corrected chi connectivity index (χ0v) is 23.4. The van der Waals surface area contributed by atoms with Crippen molar-refractivity contribution in [2.45, 2.75) is 77.2 Å². The number of rotatable bonds is 6. The van der Waals surface area contributed by atoms with Crippen molar-refractivity contribution in [2.75, 3.05) is 19.8 Å². The number of amides is 2. The van der Waals surface area contributed by atoms with E-state index < -0.39 is 30.5 Å². The molecule has 1 aromatic carbocycles. The molecule has 39 heavy (non-hydrogen) atoms. The molecular weight excluding hydrogens is 499 g/mol. The van der Waals surface area contributed by atoms with Crippen LogP contribution in [0.3, 0.4) is 0 Å². The number of benzene rings is 1. The number of hydrogen-bond acceptors (Lipinski definition) is 6. The van der Waals surface area contributed by atoms with E-state index in [2.05, 4.69) is 22.2 Å². The molecule has 1 aromatic heterocycles. The van der Waals surface area contributed by atoms with Crippen LogP contribution >= 0.6 is 0 Å². The number of likely N-dealkylation sites (tertiary alicyclic amines) is 1. The van der Waals surface area contributed by atoms with E-state index in [1.807, 2.05) is 52.0 Å². The van der Waals surface area contributed by atoms with Gasteiger partial charge in [-0.25, -0.2) is 9.78 Å². The van der Waals surface area contributed by atoms with Crippen LogP contribution in [0.1, 0.15) is 65.7 Å². The molecule has 2 amide bonds. The van der Waals surface area contributed by atoms with Gasteiger partial charge in [-0.3, -0.25) is 4.79 Å². The molecule has 11 heteroatoms. The van der Waals surface area contributed by atoms with E-state index >= 15 is 0 Å². The maximum absolute atomic E-state index is 13.7. The minimum Gasteiger partial charge on any atom is -0.465 e. The second kappa shape index (κ2) is 10.6. The van der Waals surface area contributed by atoms with Crippen molar-refractivity contribution in [3.63, 3.8) is 0 Å². The zero-order chi connectivity index (χ0) is 27.9. The van der Waals surface area contributed by atoms with Gasteiger partial charge >= 0.3 is 13.2 Å². The highest BCUT2D eigenvalue weighted by atomic mass is 16.7. The summed E-state index contributed by atoms with van der Waals surface area (Å²) >= 11 is 0. The molecule has 5 rings (SSSR count). The molecule has 0 radical (unpaired) electrons. The molecule has 3 N–H and O–H groups in total. The lowest BCUT2D eigenvalue weighted by molar-refractivity contribution is -0.136. The van der Waals surface area contributed by atoms with Crippen molar-refractivity contribution in [1.82, 2.24) is 20.2 Å². The number of carboxylic acid groups (broad SMARTS) is 1.